The molecule has 1 aromatic carbocycles. The number of carboxylic acids is 1. The SMILES string of the molecule is O=C(O)C(S)=Cc1cc(Cc2ccc(Cl)cc2)cs1. The van der Waals surface area contributed by atoms with Crippen molar-refractivity contribution in [3.05, 3.63) is 61.6 Å². The van der Waals surface area contributed by atoms with E-state index in [1.807, 2.05) is 35.7 Å². The highest BCUT2D eigenvalue weighted by atomic mass is 35.5. The molecule has 98 valence electrons. The fraction of sp³-hybridized carbons (Fsp3) is 0.0714. The van der Waals surface area contributed by atoms with Crippen LogP contribution in [0.3, 0.4) is 0 Å². The smallest absolute Gasteiger partial charge is 0.341 e. The Balaban J connectivity index is 2.11. The highest BCUT2D eigenvalue weighted by molar-refractivity contribution is 7.85. The van der Waals surface area contributed by atoms with Gasteiger partial charge >= 0.3 is 5.97 Å². The Morgan fingerprint density at radius 3 is 2.63 bits per heavy atom. The van der Waals surface area contributed by atoms with E-state index >= 15 is 0 Å². The third-order valence-electron chi connectivity index (χ3n) is 2.49. The number of hydrogen-bond donors (Lipinski definition) is 2. The summed E-state index contributed by atoms with van der Waals surface area (Å²) in [4.78, 5) is 11.6. The monoisotopic (exact) mass is 310 g/mol. The molecule has 1 heterocycles. The van der Waals surface area contributed by atoms with Crippen LogP contribution in [0.4, 0.5) is 0 Å². The normalized spacial score (nSPS) is 11.6. The van der Waals surface area contributed by atoms with E-state index < -0.39 is 5.97 Å². The van der Waals surface area contributed by atoms with Gasteiger partial charge in [-0.15, -0.1) is 24.0 Å². The van der Waals surface area contributed by atoms with Crippen molar-refractivity contribution < 1.29 is 9.90 Å². The van der Waals surface area contributed by atoms with Crippen LogP contribution in [-0.4, -0.2) is 11.1 Å². The second kappa shape index (κ2) is 6.28. The molecule has 0 saturated carbocycles. The molecule has 2 aromatic rings. The Labute approximate surface area is 125 Å². The van der Waals surface area contributed by atoms with Gasteiger partial charge in [-0.1, -0.05) is 23.7 Å². The fourth-order valence-corrected chi connectivity index (χ4v) is 2.79. The molecule has 2 rings (SSSR count). The van der Waals surface area contributed by atoms with Crippen molar-refractivity contribution in [2.75, 3.05) is 0 Å². The molecule has 2 nitrogen and oxygen atoms in total. The van der Waals surface area contributed by atoms with Gasteiger partial charge in [0.05, 0.1) is 4.91 Å². The highest BCUT2D eigenvalue weighted by Gasteiger charge is 2.04. The zero-order valence-electron chi connectivity index (χ0n) is 9.84. The lowest BCUT2D eigenvalue weighted by molar-refractivity contribution is -0.131. The molecule has 0 fully saturated rings. The summed E-state index contributed by atoms with van der Waals surface area (Å²) < 4.78 is 0. The second-order valence-corrected chi connectivity index (χ2v) is 5.86. The van der Waals surface area contributed by atoms with E-state index in [2.05, 4.69) is 12.6 Å². The molecular formula is C14H11ClO2S2. The lowest BCUT2D eigenvalue weighted by Crippen LogP contribution is -1.92. The third-order valence-corrected chi connectivity index (χ3v) is 3.99. The first-order chi connectivity index (χ1) is 9.04. The molecule has 0 bridgehead atoms. The lowest BCUT2D eigenvalue weighted by Gasteiger charge is -1.98. The minimum absolute atomic E-state index is 0.0416. The van der Waals surface area contributed by atoms with Gasteiger partial charge in [0.1, 0.15) is 0 Å². The van der Waals surface area contributed by atoms with Crippen LogP contribution < -0.4 is 0 Å². The van der Waals surface area contributed by atoms with Crippen molar-refractivity contribution in [2.45, 2.75) is 6.42 Å². The van der Waals surface area contributed by atoms with Crippen LogP contribution in [0.5, 0.6) is 0 Å². The average Bonchev–Trinajstić information content (AvgIpc) is 2.79. The Morgan fingerprint density at radius 1 is 1.32 bits per heavy atom. The molecule has 0 atom stereocenters. The minimum Gasteiger partial charge on any atom is -0.477 e. The van der Waals surface area contributed by atoms with Gasteiger partial charge in [-0.05, 0) is 47.2 Å². The lowest BCUT2D eigenvalue weighted by atomic mass is 10.1. The minimum atomic E-state index is -1.02. The zero-order chi connectivity index (χ0) is 13.8. The molecule has 0 unspecified atom stereocenters. The molecule has 0 saturated heterocycles. The molecule has 0 aliphatic rings. The first kappa shape index (κ1) is 14.2. The van der Waals surface area contributed by atoms with E-state index in [1.54, 1.807) is 6.08 Å². The van der Waals surface area contributed by atoms with Crippen molar-refractivity contribution in [3.63, 3.8) is 0 Å². The number of thiophene rings is 1. The number of aliphatic carboxylic acids is 1. The van der Waals surface area contributed by atoms with Crippen molar-refractivity contribution >= 4 is 47.6 Å². The van der Waals surface area contributed by atoms with E-state index in [0.29, 0.717) is 0 Å². The van der Waals surface area contributed by atoms with Crippen molar-refractivity contribution in [1.29, 1.82) is 0 Å². The van der Waals surface area contributed by atoms with Gasteiger partial charge in [-0.3, -0.25) is 0 Å². The predicted octanol–water partition coefficient (Wildman–Crippen LogP) is 4.35. The van der Waals surface area contributed by atoms with E-state index in [9.17, 15) is 4.79 Å². The third kappa shape index (κ3) is 4.13. The Hall–Kier alpha value is -1.23. The maximum atomic E-state index is 10.7. The summed E-state index contributed by atoms with van der Waals surface area (Å²) >= 11 is 11.2. The molecule has 0 aliphatic heterocycles. The van der Waals surface area contributed by atoms with Crippen LogP contribution in [0, 0.1) is 0 Å². The van der Waals surface area contributed by atoms with Crippen LogP contribution in [0.2, 0.25) is 5.02 Å². The number of benzene rings is 1. The summed E-state index contributed by atoms with van der Waals surface area (Å²) in [6, 6.07) is 9.66. The Bertz CT molecular complexity index is 615. The maximum absolute atomic E-state index is 10.7. The van der Waals surface area contributed by atoms with E-state index in [4.69, 9.17) is 16.7 Å². The van der Waals surface area contributed by atoms with Gasteiger partial charge in [0.2, 0.25) is 0 Å². The van der Waals surface area contributed by atoms with E-state index in [-0.39, 0.29) is 4.91 Å². The molecular weight excluding hydrogens is 300 g/mol. The van der Waals surface area contributed by atoms with Crippen LogP contribution in [0.1, 0.15) is 16.0 Å². The average molecular weight is 311 g/mol. The van der Waals surface area contributed by atoms with Gasteiger partial charge in [-0.25, -0.2) is 4.79 Å². The first-order valence-corrected chi connectivity index (χ1v) is 7.21. The standard InChI is InChI=1S/C14H11ClO2S2/c15-11-3-1-9(2-4-11)5-10-6-12(19-8-10)7-13(18)14(16)17/h1-4,6-8,18H,5H2,(H,16,17). The molecule has 0 spiro atoms. The predicted molar refractivity (Wildman–Crippen MR) is 83.2 cm³/mol. The second-order valence-electron chi connectivity index (χ2n) is 4.00. The van der Waals surface area contributed by atoms with Crippen molar-refractivity contribution in [3.8, 4) is 0 Å². The van der Waals surface area contributed by atoms with Crippen LogP contribution >= 0.6 is 35.6 Å². The summed E-state index contributed by atoms with van der Waals surface area (Å²) in [5.74, 6) is -1.02. The molecule has 1 aromatic heterocycles. The summed E-state index contributed by atoms with van der Waals surface area (Å²) in [6.07, 6.45) is 2.36. The van der Waals surface area contributed by atoms with Gasteiger partial charge in [-0.2, -0.15) is 0 Å². The summed E-state index contributed by atoms with van der Waals surface area (Å²) in [5, 5.41) is 11.5. The van der Waals surface area contributed by atoms with Crippen molar-refractivity contribution in [1.82, 2.24) is 0 Å². The fourth-order valence-electron chi connectivity index (χ4n) is 1.60. The van der Waals surface area contributed by atoms with Gasteiger partial charge < -0.3 is 5.11 Å². The number of rotatable bonds is 4. The number of halogens is 1. The van der Waals surface area contributed by atoms with Crippen molar-refractivity contribution in [2.24, 2.45) is 0 Å². The highest BCUT2D eigenvalue weighted by Crippen LogP contribution is 2.22. The quantitative estimate of drug-likeness (QED) is 0.651. The van der Waals surface area contributed by atoms with E-state index in [1.165, 1.54) is 16.9 Å². The summed E-state index contributed by atoms with van der Waals surface area (Å²) in [6.45, 7) is 0. The topological polar surface area (TPSA) is 37.3 Å². The molecule has 19 heavy (non-hydrogen) atoms. The molecule has 5 heteroatoms. The summed E-state index contributed by atoms with van der Waals surface area (Å²) in [7, 11) is 0. The number of hydrogen-bond acceptors (Lipinski definition) is 3. The molecule has 1 N–H and O–H groups in total. The van der Waals surface area contributed by atoms with Gasteiger partial charge in [0.25, 0.3) is 0 Å². The molecule has 0 radical (unpaired) electrons. The zero-order valence-corrected chi connectivity index (χ0v) is 12.3. The number of thiol groups is 1. The Morgan fingerprint density at radius 2 is 2.00 bits per heavy atom. The van der Waals surface area contributed by atoms with Gasteiger partial charge in [0.15, 0.2) is 0 Å². The van der Waals surface area contributed by atoms with Gasteiger partial charge in [0, 0.05) is 9.90 Å². The summed E-state index contributed by atoms with van der Waals surface area (Å²) in [5.41, 5.74) is 2.31. The number of carbonyl (C=O) groups is 1. The largest absolute Gasteiger partial charge is 0.477 e. The maximum Gasteiger partial charge on any atom is 0.341 e. The van der Waals surface area contributed by atoms with Crippen LogP contribution in [0.15, 0.2) is 40.6 Å². The molecule has 0 amide bonds. The van der Waals surface area contributed by atoms with E-state index in [0.717, 1.165) is 21.9 Å². The molecule has 0 aliphatic carbocycles. The van der Waals surface area contributed by atoms with Crippen LogP contribution in [0.25, 0.3) is 6.08 Å². The first-order valence-electron chi connectivity index (χ1n) is 5.50. The number of carboxylic acid groups (broad SMARTS) is 1. The van der Waals surface area contributed by atoms with Crippen LogP contribution in [-0.2, 0) is 11.2 Å². The Kier molecular flexibility index (Phi) is 4.69.